The Morgan fingerprint density at radius 1 is 1.29 bits per heavy atom. The van der Waals surface area contributed by atoms with Gasteiger partial charge in [-0.15, -0.1) is 0 Å². The smallest absolute Gasteiger partial charge is 0.416 e. The second-order valence-electron chi connectivity index (χ2n) is 8.75. The molecule has 1 aromatic heterocycles. The minimum atomic E-state index is -4.64. The molecule has 0 amide bonds. The van der Waals surface area contributed by atoms with Gasteiger partial charge in [-0.25, -0.2) is 4.79 Å². The highest BCUT2D eigenvalue weighted by Gasteiger charge is 2.46. The van der Waals surface area contributed by atoms with E-state index in [2.05, 4.69) is 4.90 Å². The second kappa shape index (κ2) is 7.54. The van der Waals surface area contributed by atoms with Crippen LogP contribution in [0.15, 0.2) is 17.1 Å². The predicted molar refractivity (Wildman–Crippen MR) is 98.3 cm³/mol. The molecular weight excluding hydrogens is 373 g/mol. The molecule has 1 saturated heterocycles. The Morgan fingerprint density at radius 3 is 2.39 bits per heavy atom. The van der Waals surface area contributed by atoms with Gasteiger partial charge in [-0.2, -0.15) is 13.2 Å². The summed E-state index contributed by atoms with van der Waals surface area (Å²) in [5.41, 5.74) is -1.52. The number of hydrogen-bond donors (Lipinski definition) is 1. The molecule has 1 spiro atoms. The predicted octanol–water partition coefficient (Wildman–Crippen LogP) is 3.57. The van der Waals surface area contributed by atoms with Gasteiger partial charge in [-0.3, -0.25) is 4.79 Å². The summed E-state index contributed by atoms with van der Waals surface area (Å²) >= 11 is 0. The average molecular weight is 400 g/mol. The summed E-state index contributed by atoms with van der Waals surface area (Å²) in [6, 6.07) is -0.620. The Labute approximate surface area is 162 Å². The van der Waals surface area contributed by atoms with E-state index in [9.17, 15) is 27.9 Å². The number of carboxylic acids is 1. The summed E-state index contributed by atoms with van der Waals surface area (Å²) in [5, 5.41) is 9.49. The van der Waals surface area contributed by atoms with Crippen molar-refractivity contribution in [1.82, 2.24) is 9.47 Å². The molecule has 0 aromatic carbocycles. The highest BCUT2D eigenvalue weighted by atomic mass is 19.4. The van der Waals surface area contributed by atoms with Crippen LogP contribution in [0.5, 0.6) is 0 Å². The quantitative estimate of drug-likeness (QED) is 0.760. The summed E-state index contributed by atoms with van der Waals surface area (Å²) in [4.78, 5) is 26.1. The van der Waals surface area contributed by atoms with Gasteiger partial charge in [-0.05, 0) is 42.6 Å². The van der Waals surface area contributed by atoms with E-state index in [0.717, 1.165) is 23.9 Å². The van der Waals surface area contributed by atoms with Crippen LogP contribution < -0.4 is 5.56 Å². The first-order chi connectivity index (χ1) is 13.0. The minimum absolute atomic E-state index is 0.0153. The minimum Gasteiger partial charge on any atom is -0.480 e. The maximum atomic E-state index is 13.5. The summed E-state index contributed by atoms with van der Waals surface area (Å²) in [6.07, 6.45) is 0.395. The van der Waals surface area contributed by atoms with Crippen LogP contribution in [0.25, 0.3) is 0 Å². The third-order valence-electron chi connectivity index (χ3n) is 6.01. The Morgan fingerprint density at radius 2 is 1.93 bits per heavy atom. The van der Waals surface area contributed by atoms with E-state index in [1.165, 1.54) is 19.3 Å². The molecule has 5 nitrogen and oxygen atoms in total. The molecule has 1 N–H and O–H groups in total. The lowest BCUT2D eigenvalue weighted by Crippen LogP contribution is -2.59. The van der Waals surface area contributed by atoms with Gasteiger partial charge in [0.15, 0.2) is 0 Å². The highest BCUT2D eigenvalue weighted by Crippen LogP contribution is 2.48. The first-order valence-electron chi connectivity index (χ1n) is 9.78. The van der Waals surface area contributed by atoms with Crippen LogP contribution in [0.3, 0.4) is 0 Å². The standard InChI is InChI=1S/C20H27F3N2O3/c1-13(2)8-16(18(27)28)25-10-14(15(9-17(25)26)20(21,22)23)4-7-24-11-19(12-24)5-3-6-19/h9-10,13,16H,3-8,11-12H2,1-2H3,(H,27,28). The number of halogens is 3. The molecule has 2 heterocycles. The molecule has 156 valence electrons. The maximum Gasteiger partial charge on any atom is 0.416 e. The number of carbonyl (C=O) groups is 1. The van der Waals surface area contributed by atoms with Crippen LogP contribution in [0.4, 0.5) is 13.2 Å². The summed E-state index contributed by atoms with van der Waals surface area (Å²) in [7, 11) is 0. The first-order valence-corrected chi connectivity index (χ1v) is 9.78. The Bertz CT molecular complexity index is 789. The monoisotopic (exact) mass is 400 g/mol. The van der Waals surface area contributed by atoms with E-state index < -0.39 is 29.3 Å². The lowest BCUT2D eigenvalue weighted by molar-refractivity contribution is -0.141. The Hall–Kier alpha value is -1.83. The SMILES string of the molecule is CC(C)CC(C(=O)O)n1cc(CCN2CC3(CCC3)C2)c(C(F)(F)F)cc1=O. The molecular formula is C20H27F3N2O3. The summed E-state index contributed by atoms with van der Waals surface area (Å²) in [5.74, 6) is -1.23. The molecule has 0 bridgehead atoms. The Kier molecular flexibility index (Phi) is 5.62. The van der Waals surface area contributed by atoms with Crippen molar-refractivity contribution in [1.29, 1.82) is 0 Å². The van der Waals surface area contributed by atoms with Crippen LogP contribution >= 0.6 is 0 Å². The van der Waals surface area contributed by atoms with Crippen molar-refractivity contribution in [3.8, 4) is 0 Å². The second-order valence-corrected chi connectivity index (χ2v) is 8.75. The van der Waals surface area contributed by atoms with Gasteiger partial charge in [0, 0.05) is 31.9 Å². The van der Waals surface area contributed by atoms with Gasteiger partial charge in [-0.1, -0.05) is 20.3 Å². The molecule has 1 aromatic rings. The number of nitrogens with zero attached hydrogens (tertiary/aromatic N) is 2. The van der Waals surface area contributed by atoms with Crippen LogP contribution in [0.1, 0.15) is 56.7 Å². The Balaban J connectivity index is 1.85. The van der Waals surface area contributed by atoms with Crippen molar-refractivity contribution in [2.45, 2.75) is 58.2 Å². The third kappa shape index (κ3) is 4.26. The number of likely N-dealkylation sites (tertiary alicyclic amines) is 1. The number of alkyl halides is 3. The molecule has 1 aliphatic heterocycles. The van der Waals surface area contributed by atoms with E-state index in [1.54, 1.807) is 0 Å². The van der Waals surface area contributed by atoms with Crippen LogP contribution in [0.2, 0.25) is 0 Å². The van der Waals surface area contributed by atoms with Crippen molar-refractivity contribution in [3.63, 3.8) is 0 Å². The fourth-order valence-electron chi connectivity index (χ4n) is 4.41. The number of rotatable bonds is 7. The molecule has 2 fully saturated rings. The average Bonchev–Trinajstić information content (AvgIpc) is 2.49. The number of carboxylic acid groups (broad SMARTS) is 1. The number of pyridine rings is 1. The van der Waals surface area contributed by atoms with Gasteiger partial charge in [0.05, 0.1) is 5.56 Å². The fourth-order valence-corrected chi connectivity index (χ4v) is 4.41. The van der Waals surface area contributed by atoms with Gasteiger partial charge in [0.1, 0.15) is 6.04 Å². The molecule has 3 rings (SSSR count). The molecule has 1 unspecified atom stereocenters. The molecule has 0 radical (unpaired) electrons. The topological polar surface area (TPSA) is 62.5 Å². The van der Waals surface area contributed by atoms with Crippen molar-refractivity contribution < 1.29 is 23.1 Å². The fraction of sp³-hybridized carbons (Fsp3) is 0.700. The van der Waals surface area contributed by atoms with Crippen LogP contribution in [-0.4, -0.2) is 40.2 Å². The number of aliphatic carboxylic acids is 1. The van der Waals surface area contributed by atoms with Gasteiger partial charge in [0.2, 0.25) is 0 Å². The third-order valence-corrected chi connectivity index (χ3v) is 6.01. The molecule has 2 aliphatic rings. The molecule has 1 aliphatic carbocycles. The molecule has 1 atom stereocenters. The van der Waals surface area contributed by atoms with Crippen molar-refractivity contribution in [3.05, 3.63) is 33.7 Å². The normalized spacial score (nSPS) is 20.1. The molecule has 1 saturated carbocycles. The van der Waals surface area contributed by atoms with E-state index in [4.69, 9.17) is 0 Å². The highest BCUT2D eigenvalue weighted by molar-refractivity contribution is 5.71. The van der Waals surface area contributed by atoms with E-state index >= 15 is 0 Å². The van der Waals surface area contributed by atoms with E-state index in [1.807, 2.05) is 13.8 Å². The van der Waals surface area contributed by atoms with Crippen LogP contribution in [0, 0.1) is 11.3 Å². The van der Waals surface area contributed by atoms with Crippen molar-refractivity contribution in [2.24, 2.45) is 11.3 Å². The van der Waals surface area contributed by atoms with Crippen LogP contribution in [-0.2, 0) is 17.4 Å². The van der Waals surface area contributed by atoms with Gasteiger partial charge in [0.25, 0.3) is 5.56 Å². The van der Waals surface area contributed by atoms with Crippen molar-refractivity contribution >= 4 is 5.97 Å². The zero-order valence-electron chi connectivity index (χ0n) is 16.3. The molecule has 28 heavy (non-hydrogen) atoms. The summed E-state index contributed by atoms with van der Waals surface area (Å²) < 4.78 is 41.3. The summed E-state index contributed by atoms with van der Waals surface area (Å²) in [6.45, 7) is 5.93. The van der Waals surface area contributed by atoms with Gasteiger partial charge >= 0.3 is 12.1 Å². The van der Waals surface area contributed by atoms with E-state index in [-0.39, 0.29) is 24.3 Å². The largest absolute Gasteiger partial charge is 0.480 e. The van der Waals surface area contributed by atoms with Gasteiger partial charge < -0.3 is 14.6 Å². The zero-order valence-corrected chi connectivity index (χ0v) is 16.3. The maximum absolute atomic E-state index is 13.5. The first kappa shape index (κ1) is 20.9. The lowest BCUT2D eigenvalue weighted by atomic mass is 9.63. The number of hydrogen-bond acceptors (Lipinski definition) is 3. The number of aromatic nitrogens is 1. The van der Waals surface area contributed by atoms with E-state index in [0.29, 0.717) is 18.0 Å². The van der Waals surface area contributed by atoms with Crippen molar-refractivity contribution in [2.75, 3.05) is 19.6 Å². The molecule has 8 heteroatoms. The lowest BCUT2D eigenvalue weighted by Gasteiger charge is -2.56. The zero-order chi connectivity index (χ0) is 20.7.